The average molecular weight is 325 g/mol. The Balaban J connectivity index is 1.45. The third-order valence-corrected chi connectivity index (χ3v) is 6.97. The number of β-amino-alcohol motifs (C(OH)–C–C–N with tert-alkyl or cyclic N) is 1. The maximum atomic E-state index is 10.4. The normalized spacial score (nSPS) is 39.0. The van der Waals surface area contributed by atoms with Crippen molar-refractivity contribution in [2.24, 2.45) is 16.7 Å². The van der Waals surface area contributed by atoms with Gasteiger partial charge in [0.15, 0.2) is 0 Å². The molecule has 2 bridgehead atoms. The van der Waals surface area contributed by atoms with Crippen molar-refractivity contribution in [3.05, 3.63) is 0 Å². The standard InChI is InChI=1S/C19H36N2O2/c1-5-20-8-10-21(11-9-20)13-16(22)14-23-17-18(2,3)15-6-7-19(17,4)12-15/h15-17,22H,5-14H2,1-4H3/t15-,16-,17+,19-/m0/s1. The molecule has 0 aromatic heterocycles. The van der Waals surface area contributed by atoms with Crippen molar-refractivity contribution in [3.8, 4) is 0 Å². The number of hydrogen-bond donors (Lipinski definition) is 1. The van der Waals surface area contributed by atoms with E-state index in [1.165, 1.54) is 19.3 Å². The van der Waals surface area contributed by atoms with Crippen LogP contribution in [-0.4, -0.2) is 73.0 Å². The Morgan fingerprint density at radius 3 is 2.35 bits per heavy atom. The van der Waals surface area contributed by atoms with Crippen LogP contribution in [0.1, 0.15) is 47.0 Å². The smallest absolute Gasteiger partial charge is 0.0900 e. The van der Waals surface area contributed by atoms with Crippen LogP contribution in [0.5, 0.6) is 0 Å². The summed E-state index contributed by atoms with van der Waals surface area (Å²) in [5, 5.41) is 10.4. The molecule has 2 saturated carbocycles. The highest BCUT2D eigenvalue weighted by molar-refractivity contribution is 5.09. The number of aliphatic hydroxyl groups is 1. The Bertz CT molecular complexity index is 401. The van der Waals surface area contributed by atoms with Crippen molar-refractivity contribution in [2.45, 2.75) is 59.2 Å². The Morgan fingerprint density at radius 2 is 1.78 bits per heavy atom. The summed E-state index contributed by atoms with van der Waals surface area (Å²) >= 11 is 0. The minimum Gasteiger partial charge on any atom is -0.389 e. The summed E-state index contributed by atoms with van der Waals surface area (Å²) in [4.78, 5) is 4.85. The van der Waals surface area contributed by atoms with Crippen molar-refractivity contribution < 1.29 is 9.84 Å². The summed E-state index contributed by atoms with van der Waals surface area (Å²) < 4.78 is 6.31. The molecule has 0 aromatic rings. The zero-order valence-corrected chi connectivity index (χ0v) is 15.6. The van der Waals surface area contributed by atoms with Crippen LogP contribution in [0.15, 0.2) is 0 Å². The SMILES string of the molecule is CCN1CCN(C[C@H](O)CO[C@@H]2C(C)(C)[C@H]3CC[C@@]2(C)C3)CC1. The van der Waals surface area contributed by atoms with E-state index in [2.05, 4.69) is 37.5 Å². The quantitative estimate of drug-likeness (QED) is 0.813. The van der Waals surface area contributed by atoms with Gasteiger partial charge in [0.25, 0.3) is 0 Å². The highest BCUT2D eigenvalue weighted by Gasteiger charge is 2.60. The topological polar surface area (TPSA) is 35.9 Å². The third-order valence-electron chi connectivity index (χ3n) is 6.97. The molecule has 0 unspecified atom stereocenters. The van der Waals surface area contributed by atoms with Gasteiger partial charge in [0, 0.05) is 32.7 Å². The highest BCUT2D eigenvalue weighted by Crippen LogP contribution is 2.63. The second kappa shape index (κ2) is 6.62. The van der Waals surface area contributed by atoms with Gasteiger partial charge in [-0.05, 0) is 42.6 Å². The molecule has 0 amide bonds. The molecular formula is C19H36N2O2. The van der Waals surface area contributed by atoms with Crippen LogP contribution in [0.2, 0.25) is 0 Å². The number of ether oxygens (including phenoxy) is 1. The second-order valence-corrected chi connectivity index (χ2v) is 9.02. The number of piperazine rings is 1. The van der Waals surface area contributed by atoms with Gasteiger partial charge >= 0.3 is 0 Å². The van der Waals surface area contributed by atoms with E-state index in [0.29, 0.717) is 18.1 Å². The first-order chi connectivity index (χ1) is 10.8. The molecule has 3 aliphatic rings. The van der Waals surface area contributed by atoms with Gasteiger partial charge in [0.2, 0.25) is 0 Å². The van der Waals surface area contributed by atoms with E-state index in [4.69, 9.17) is 4.74 Å². The molecular weight excluding hydrogens is 288 g/mol. The maximum Gasteiger partial charge on any atom is 0.0900 e. The summed E-state index contributed by atoms with van der Waals surface area (Å²) in [6.45, 7) is 16.1. The monoisotopic (exact) mass is 324 g/mol. The van der Waals surface area contributed by atoms with E-state index in [1.807, 2.05) is 0 Å². The van der Waals surface area contributed by atoms with Crippen molar-refractivity contribution in [2.75, 3.05) is 45.9 Å². The first kappa shape index (κ1) is 17.7. The van der Waals surface area contributed by atoms with E-state index in [9.17, 15) is 5.11 Å². The summed E-state index contributed by atoms with van der Waals surface area (Å²) in [5.74, 6) is 0.803. The molecule has 1 saturated heterocycles. The van der Waals surface area contributed by atoms with E-state index in [-0.39, 0.29) is 11.5 Å². The van der Waals surface area contributed by atoms with Gasteiger partial charge in [0.05, 0.1) is 18.8 Å². The molecule has 1 N–H and O–H groups in total. The molecule has 3 rings (SSSR count). The molecule has 4 atom stereocenters. The molecule has 4 nitrogen and oxygen atoms in total. The maximum absolute atomic E-state index is 10.4. The summed E-state index contributed by atoms with van der Waals surface area (Å²) in [6.07, 6.45) is 3.90. The Labute approximate surface area is 142 Å². The van der Waals surface area contributed by atoms with Crippen LogP contribution in [0.25, 0.3) is 0 Å². The fourth-order valence-corrected chi connectivity index (χ4v) is 5.52. The fraction of sp³-hybridized carbons (Fsp3) is 1.00. The molecule has 2 aliphatic carbocycles. The number of fused-ring (bicyclic) bond motifs is 2. The zero-order valence-electron chi connectivity index (χ0n) is 15.6. The lowest BCUT2D eigenvalue weighted by atomic mass is 9.70. The molecule has 0 radical (unpaired) electrons. The van der Waals surface area contributed by atoms with Crippen molar-refractivity contribution in [3.63, 3.8) is 0 Å². The number of nitrogens with zero attached hydrogens (tertiary/aromatic N) is 2. The van der Waals surface area contributed by atoms with Crippen LogP contribution in [-0.2, 0) is 4.74 Å². The summed E-state index contributed by atoms with van der Waals surface area (Å²) in [6, 6.07) is 0. The zero-order chi connectivity index (χ0) is 16.7. The minimum atomic E-state index is -0.360. The summed E-state index contributed by atoms with van der Waals surface area (Å²) in [5.41, 5.74) is 0.597. The Hall–Kier alpha value is -0.160. The molecule has 1 heterocycles. The van der Waals surface area contributed by atoms with E-state index in [0.717, 1.165) is 45.2 Å². The Kier molecular flexibility index (Phi) is 5.09. The lowest BCUT2D eigenvalue weighted by Gasteiger charge is -2.43. The predicted molar refractivity (Wildman–Crippen MR) is 93.5 cm³/mol. The van der Waals surface area contributed by atoms with E-state index in [1.54, 1.807) is 0 Å². The van der Waals surface area contributed by atoms with Gasteiger partial charge in [-0.3, -0.25) is 4.90 Å². The van der Waals surface area contributed by atoms with Crippen LogP contribution < -0.4 is 0 Å². The number of likely N-dealkylation sites (N-methyl/N-ethyl adjacent to an activating group) is 1. The molecule has 4 heteroatoms. The van der Waals surface area contributed by atoms with Gasteiger partial charge in [-0.1, -0.05) is 27.7 Å². The second-order valence-electron chi connectivity index (χ2n) is 9.02. The van der Waals surface area contributed by atoms with Crippen LogP contribution in [0.3, 0.4) is 0 Å². The molecule has 0 spiro atoms. The van der Waals surface area contributed by atoms with Crippen molar-refractivity contribution >= 4 is 0 Å². The minimum absolute atomic E-state index is 0.263. The lowest BCUT2D eigenvalue weighted by Crippen LogP contribution is -2.49. The molecule has 134 valence electrons. The first-order valence-electron chi connectivity index (χ1n) is 9.59. The van der Waals surface area contributed by atoms with Crippen LogP contribution in [0.4, 0.5) is 0 Å². The van der Waals surface area contributed by atoms with Gasteiger partial charge in [-0.2, -0.15) is 0 Å². The average Bonchev–Trinajstić information content (AvgIpc) is 2.98. The highest BCUT2D eigenvalue weighted by atomic mass is 16.5. The van der Waals surface area contributed by atoms with Crippen molar-refractivity contribution in [1.82, 2.24) is 9.80 Å². The van der Waals surface area contributed by atoms with Gasteiger partial charge < -0.3 is 14.7 Å². The largest absolute Gasteiger partial charge is 0.389 e. The Morgan fingerprint density at radius 1 is 1.13 bits per heavy atom. The number of hydrogen-bond acceptors (Lipinski definition) is 4. The molecule has 0 aromatic carbocycles. The van der Waals surface area contributed by atoms with Gasteiger partial charge in [-0.25, -0.2) is 0 Å². The molecule has 3 fully saturated rings. The van der Waals surface area contributed by atoms with E-state index < -0.39 is 0 Å². The van der Waals surface area contributed by atoms with Gasteiger partial charge in [-0.15, -0.1) is 0 Å². The third kappa shape index (κ3) is 3.46. The van der Waals surface area contributed by atoms with Crippen LogP contribution >= 0.6 is 0 Å². The fourth-order valence-electron chi connectivity index (χ4n) is 5.52. The lowest BCUT2D eigenvalue weighted by molar-refractivity contribution is -0.114. The summed E-state index contributed by atoms with van der Waals surface area (Å²) in [7, 11) is 0. The van der Waals surface area contributed by atoms with Crippen LogP contribution in [0, 0.1) is 16.7 Å². The molecule has 23 heavy (non-hydrogen) atoms. The van der Waals surface area contributed by atoms with E-state index >= 15 is 0 Å². The number of aliphatic hydroxyl groups excluding tert-OH is 1. The first-order valence-corrected chi connectivity index (χ1v) is 9.59. The van der Waals surface area contributed by atoms with Crippen molar-refractivity contribution in [1.29, 1.82) is 0 Å². The predicted octanol–water partition coefficient (Wildman–Crippen LogP) is 2.22. The number of rotatable bonds is 6. The molecule has 1 aliphatic heterocycles. The van der Waals surface area contributed by atoms with Gasteiger partial charge in [0.1, 0.15) is 0 Å².